The molecule has 1 aromatic carbocycles. The maximum absolute atomic E-state index is 13.9. The minimum atomic E-state index is -0.152. The summed E-state index contributed by atoms with van der Waals surface area (Å²) < 4.78 is 13.9. The number of aromatic nitrogens is 2. The Hall–Kier alpha value is -2.17. The van der Waals surface area contributed by atoms with E-state index in [9.17, 15) is 4.39 Å². The van der Waals surface area contributed by atoms with E-state index < -0.39 is 0 Å². The average molecular weight is 300 g/mol. The Morgan fingerprint density at radius 3 is 2.23 bits per heavy atom. The van der Waals surface area contributed by atoms with Gasteiger partial charge in [-0.05, 0) is 32.9 Å². The van der Waals surface area contributed by atoms with Gasteiger partial charge in [-0.2, -0.15) is 0 Å². The highest BCUT2D eigenvalue weighted by Crippen LogP contribution is 2.24. The molecule has 0 saturated carbocycles. The van der Waals surface area contributed by atoms with Gasteiger partial charge in [-0.25, -0.2) is 14.4 Å². The van der Waals surface area contributed by atoms with Gasteiger partial charge in [0.15, 0.2) is 0 Å². The van der Waals surface area contributed by atoms with Crippen LogP contribution >= 0.6 is 0 Å². The van der Waals surface area contributed by atoms with E-state index in [2.05, 4.69) is 26.7 Å². The van der Waals surface area contributed by atoms with Crippen molar-refractivity contribution < 1.29 is 4.39 Å². The minimum absolute atomic E-state index is 0.152. The van der Waals surface area contributed by atoms with Crippen LogP contribution < -0.4 is 9.80 Å². The van der Waals surface area contributed by atoms with Crippen LogP contribution in [0.1, 0.15) is 17.1 Å². The number of para-hydroxylation sites is 1. The normalized spacial score (nSPS) is 15.3. The molecule has 1 aliphatic rings. The second kappa shape index (κ2) is 5.91. The van der Waals surface area contributed by atoms with E-state index in [4.69, 9.17) is 0 Å². The molecule has 22 heavy (non-hydrogen) atoms. The number of anilines is 2. The number of piperazine rings is 1. The van der Waals surface area contributed by atoms with Gasteiger partial charge in [0.05, 0.1) is 5.69 Å². The molecule has 4 nitrogen and oxygen atoms in total. The lowest BCUT2D eigenvalue weighted by Gasteiger charge is -2.37. The van der Waals surface area contributed by atoms with Gasteiger partial charge in [0, 0.05) is 37.4 Å². The molecular formula is C17H21FN4. The Kier molecular flexibility index (Phi) is 3.96. The molecular weight excluding hydrogens is 279 g/mol. The van der Waals surface area contributed by atoms with Gasteiger partial charge in [-0.15, -0.1) is 0 Å². The van der Waals surface area contributed by atoms with Gasteiger partial charge in [-0.3, -0.25) is 0 Å². The van der Waals surface area contributed by atoms with Crippen molar-refractivity contribution in [3.05, 3.63) is 47.2 Å². The van der Waals surface area contributed by atoms with E-state index in [1.54, 1.807) is 6.07 Å². The molecule has 5 heteroatoms. The number of hydrogen-bond acceptors (Lipinski definition) is 4. The van der Waals surface area contributed by atoms with Crippen molar-refractivity contribution in [3.8, 4) is 0 Å². The maximum atomic E-state index is 13.9. The zero-order chi connectivity index (χ0) is 15.7. The van der Waals surface area contributed by atoms with E-state index in [-0.39, 0.29) is 5.82 Å². The summed E-state index contributed by atoms with van der Waals surface area (Å²) in [6.07, 6.45) is 0. The monoisotopic (exact) mass is 300 g/mol. The third-order valence-corrected chi connectivity index (χ3v) is 4.25. The van der Waals surface area contributed by atoms with Crippen LogP contribution in [-0.2, 0) is 0 Å². The van der Waals surface area contributed by atoms with Crippen molar-refractivity contribution in [2.75, 3.05) is 36.0 Å². The molecule has 1 aliphatic heterocycles. The van der Waals surface area contributed by atoms with Crippen molar-refractivity contribution >= 4 is 11.5 Å². The highest BCUT2D eigenvalue weighted by atomic mass is 19.1. The zero-order valence-corrected chi connectivity index (χ0v) is 13.3. The fourth-order valence-electron chi connectivity index (χ4n) is 2.93. The summed E-state index contributed by atoms with van der Waals surface area (Å²) >= 11 is 0. The van der Waals surface area contributed by atoms with E-state index >= 15 is 0 Å². The second-order valence-electron chi connectivity index (χ2n) is 5.73. The summed E-state index contributed by atoms with van der Waals surface area (Å²) in [5, 5.41) is 0. The Bertz CT molecular complexity index is 678. The SMILES string of the molecule is Cc1nc(C)c(C)c(N2CCN(c3ccccc3F)CC2)n1. The van der Waals surface area contributed by atoms with E-state index in [1.165, 1.54) is 6.07 Å². The smallest absolute Gasteiger partial charge is 0.146 e. The molecule has 1 saturated heterocycles. The number of nitrogens with zero attached hydrogens (tertiary/aromatic N) is 4. The number of hydrogen-bond donors (Lipinski definition) is 0. The van der Waals surface area contributed by atoms with E-state index in [0.29, 0.717) is 5.69 Å². The van der Waals surface area contributed by atoms with Crippen LogP contribution in [0.5, 0.6) is 0 Å². The lowest BCUT2D eigenvalue weighted by atomic mass is 10.2. The lowest BCUT2D eigenvalue weighted by Crippen LogP contribution is -2.47. The van der Waals surface area contributed by atoms with E-state index in [1.807, 2.05) is 26.0 Å². The molecule has 116 valence electrons. The number of halogens is 1. The molecule has 0 unspecified atom stereocenters. The first kappa shape index (κ1) is 14.8. The predicted molar refractivity (Wildman–Crippen MR) is 87.1 cm³/mol. The van der Waals surface area contributed by atoms with Gasteiger partial charge in [-0.1, -0.05) is 12.1 Å². The van der Waals surface area contributed by atoms with Crippen molar-refractivity contribution in [2.45, 2.75) is 20.8 Å². The average Bonchev–Trinajstić information content (AvgIpc) is 2.52. The molecule has 1 aromatic heterocycles. The van der Waals surface area contributed by atoms with Crippen molar-refractivity contribution in [3.63, 3.8) is 0 Å². The molecule has 0 bridgehead atoms. The fraction of sp³-hybridized carbons (Fsp3) is 0.412. The first-order valence-corrected chi connectivity index (χ1v) is 7.62. The molecule has 1 fully saturated rings. The van der Waals surface area contributed by atoms with E-state index in [0.717, 1.165) is 49.1 Å². The molecule has 0 amide bonds. The Morgan fingerprint density at radius 2 is 1.55 bits per heavy atom. The highest BCUT2D eigenvalue weighted by Gasteiger charge is 2.22. The second-order valence-corrected chi connectivity index (χ2v) is 5.73. The summed E-state index contributed by atoms with van der Waals surface area (Å²) in [6, 6.07) is 6.97. The van der Waals surface area contributed by atoms with Crippen LogP contribution in [0.25, 0.3) is 0 Å². The zero-order valence-electron chi connectivity index (χ0n) is 13.3. The molecule has 0 aliphatic carbocycles. The summed E-state index contributed by atoms with van der Waals surface area (Å²) in [5.74, 6) is 1.66. The van der Waals surface area contributed by atoms with Crippen molar-refractivity contribution in [1.82, 2.24) is 9.97 Å². The quantitative estimate of drug-likeness (QED) is 0.853. The molecule has 2 aromatic rings. The molecule has 0 N–H and O–H groups in total. The van der Waals surface area contributed by atoms with Crippen LogP contribution in [-0.4, -0.2) is 36.1 Å². The third-order valence-electron chi connectivity index (χ3n) is 4.25. The summed E-state index contributed by atoms with van der Waals surface area (Å²) in [5.41, 5.74) is 2.85. The molecule has 0 spiro atoms. The fourth-order valence-corrected chi connectivity index (χ4v) is 2.93. The van der Waals surface area contributed by atoms with Crippen molar-refractivity contribution in [2.24, 2.45) is 0 Å². The summed E-state index contributed by atoms with van der Waals surface area (Å²) in [6.45, 7) is 9.27. The topological polar surface area (TPSA) is 32.3 Å². The highest BCUT2D eigenvalue weighted by molar-refractivity contribution is 5.53. The van der Waals surface area contributed by atoms with Crippen molar-refractivity contribution in [1.29, 1.82) is 0 Å². The summed E-state index contributed by atoms with van der Waals surface area (Å²) in [4.78, 5) is 13.4. The molecule has 2 heterocycles. The van der Waals surface area contributed by atoms with Gasteiger partial charge in [0.25, 0.3) is 0 Å². The van der Waals surface area contributed by atoms with Crippen LogP contribution in [0.2, 0.25) is 0 Å². The van der Waals surface area contributed by atoms with Crippen LogP contribution in [0.3, 0.4) is 0 Å². The predicted octanol–water partition coefficient (Wildman–Crippen LogP) is 2.87. The number of rotatable bonds is 2. The Morgan fingerprint density at radius 1 is 0.909 bits per heavy atom. The summed E-state index contributed by atoms with van der Waals surface area (Å²) in [7, 11) is 0. The Balaban J connectivity index is 1.76. The minimum Gasteiger partial charge on any atom is -0.366 e. The first-order valence-electron chi connectivity index (χ1n) is 7.62. The van der Waals surface area contributed by atoms with Gasteiger partial charge in [0.1, 0.15) is 17.5 Å². The van der Waals surface area contributed by atoms with Crippen LogP contribution in [0.4, 0.5) is 15.9 Å². The third kappa shape index (κ3) is 2.75. The Labute approximate surface area is 130 Å². The number of benzene rings is 1. The van der Waals surface area contributed by atoms with Crippen LogP contribution in [0, 0.1) is 26.6 Å². The first-order chi connectivity index (χ1) is 10.6. The van der Waals surface area contributed by atoms with Gasteiger partial charge < -0.3 is 9.80 Å². The van der Waals surface area contributed by atoms with Gasteiger partial charge >= 0.3 is 0 Å². The number of aryl methyl sites for hydroxylation is 2. The molecule has 0 atom stereocenters. The lowest BCUT2D eigenvalue weighted by molar-refractivity contribution is 0.595. The largest absolute Gasteiger partial charge is 0.366 e. The standard InChI is InChI=1S/C17H21FN4/c1-12-13(2)19-14(3)20-17(12)22-10-8-21(9-11-22)16-7-5-4-6-15(16)18/h4-7H,8-11H2,1-3H3. The van der Waals surface area contributed by atoms with Gasteiger partial charge in [0.2, 0.25) is 0 Å². The maximum Gasteiger partial charge on any atom is 0.146 e. The molecule has 0 radical (unpaired) electrons. The van der Waals surface area contributed by atoms with Crippen LogP contribution in [0.15, 0.2) is 24.3 Å². The molecule has 3 rings (SSSR count).